The Balaban J connectivity index is 3.03. The maximum Gasteiger partial charge on any atom is 0.303 e. The average molecular weight is 369 g/mol. The van der Waals surface area contributed by atoms with Crippen molar-refractivity contribution in [2.75, 3.05) is 0 Å². The molecule has 0 saturated carbocycles. The predicted molar refractivity (Wildman–Crippen MR) is 96.0 cm³/mol. The van der Waals surface area contributed by atoms with E-state index in [1.54, 1.807) is 18.2 Å². The van der Waals surface area contributed by atoms with Crippen LogP contribution in [0.2, 0.25) is 0 Å². The van der Waals surface area contributed by atoms with Crippen molar-refractivity contribution in [3.8, 4) is 12.3 Å². The van der Waals surface area contributed by atoms with Crippen molar-refractivity contribution in [3.63, 3.8) is 0 Å². The molecule has 1 aliphatic rings. The molecule has 0 aromatic rings. The third kappa shape index (κ3) is 7.76. The molecule has 25 heavy (non-hydrogen) atoms. The normalized spacial score (nSPS) is 29.1. The Morgan fingerprint density at radius 3 is 2.60 bits per heavy atom. The Kier molecular flexibility index (Phi) is 9.33. The van der Waals surface area contributed by atoms with Crippen molar-refractivity contribution in [2.45, 2.75) is 69.8 Å². The SMILES string of the molecule is C#C/C=C\CC(Cl)[C@H]1C[C@@H](OC(C)=O)[C@H](OC(C)=O)/C=C\[C@@H](CC)O1. The average Bonchev–Trinajstić information content (AvgIpc) is 2.53. The summed E-state index contributed by atoms with van der Waals surface area (Å²) in [7, 11) is 0. The molecular weight excluding hydrogens is 344 g/mol. The van der Waals surface area contributed by atoms with Gasteiger partial charge in [-0.2, -0.15) is 0 Å². The molecule has 138 valence electrons. The van der Waals surface area contributed by atoms with Crippen LogP contribution in [0.4, 0.5) is 0 Å². The fourth-order valence-corrected chi connectivity index (χ4v) is 2.83. The van der Waals surface area contributed by atoms with E-state index in [2.05, 4.69) is 5.92 Å². The number of rotatable bonds is 6. The molecule has 0 aliphatic carbocycles. The third-order valence-corrected chi connectivity index (χ3v) is 4.16. The lowest BCUT2D eigenvalue weighted by atomic mass is 9.99. The topological polar surface area (TPSA) is 61.8 Å². The van der Waals surface area contributed by atoms with Crippen LogP contribution < -0.4 is 0 Å². The predicted octanol–water partition coefficient (Wildman–Crippen LogP) is 3.16. The van der Waals surface area contributed by atoms with Crippen LogP contribution in [0.5, 0.6) is 0 Å². The van der Waals surface area contributed by atoms with Gasteiger partial charge in [0.05, 0.1) is 17.6 Å². The maximum absolute atomic E-state index is 11.5. The number of terminal acetylenes is 1. The summed E-state index contributed by atoms with van der Waals surface area (Å²) in [6, 6.07) is 0. The number of halogens is 1. The summed E-state index contributed by atoms with van der Waals surface area (Å²) in [6.07, 6.45) is 11.8. The van der Waals surface area contributed by atoms with Crippen LogP contribution in [-0.4, -0.2) is 41.7 Å². The molecule has 1 aliphatic heterocycles. The summed E-state index contributed by atoms with van der Waals surface area (Å²) < 4.78 is 16.7. The fourth-order valence-electron chi connectivity index (χ4n) is 2.56. The summed E-state index contributed by atoms with van der Waals surface area (Å²) in [5.41, 5.74) is 0. The largest absolute Gasteiger partial charge is 0.458 e. The molecule has 0 aromatic carbocycles. The highest BCUT2D eigenvalue weighted by atomic mass is 35.5. The number of hydrogen-bond acceptors (Lipinski definition) is 5. The van der Waals surface area contributed by atoms with E-state index in [0.29, 0.717) is 12.8 Å². The van der Waals surface area contributed by atoms with Crippen LogP contribution in [-0.2, 0) is 23.8 Å². The first-order chi connectivity index (χ1) is 11.9. The summed E-state index contributed by atoms with van der Waals surface area (Å²) >= 11 is 6.48. The van der Waals surface area contributed by atoms with Crippen molar-refractivity contribution in [1.82, 2.24) is 0 Å². The van der Waals surface area contributed by atoms with E-state index >= 15 is 0 Å². The second kappa shape index (κ2) is 11.0. The van der Waals surface area contributed by atoms with Gasteiger partial charge in [-0.25, -0.2) is 0 Å². The number of ether oxygens (including phenoxy) is 3. The molecule has 0 N–H and O–H groups in total. The zero-order chi connectivity index (χ0) is 18.8. The van der Waals surface area contributed by atoms with E-state index in [-0.39, 0.29) is 17.6 Å². The number of alkyl halides is 1. The van der Waals surface area contributed by atoms with E-state index in [9.17, 15) is 9.59 Å². The fraction of sp³-hybridized carbons (Fsp3) is 0.579. The molecule has 0 aromatic heterocycles. The van der Waals surface area contributed by atoms with Crippen LogP contribution in [0.25, 0.3) is 0 Å². The van der Waals surface area contributed by atoms with Gasteiger partial charge in [-0.3, -0.25) is 9.59 Å². The Labute approximate surface area is 154 Å². The van der Waals surface area contributed by atoms with Crippen molar-refractivity contribution in [1.29, 1.82) is 0 Å². The maximum atomic E-state index is 11.5. The molecule has 0 fully saturated rings. The second-order valence-corrected chi connectivity index (χ2v) is 6.35. The molecule has 1 heterocycles. The van der Waals surface area contributed by atoms with Gasteiger partial charge in [-0.15, -0.1) is 18.0 Å². The molecule has 0 spiro atoms. The lowest BCUT2D eigenvalue weighted by Gasteiger charge is -2.33. The number of esters is 2. The third-order valence-electron chi connectivity index (χ3n) is 3.70. The Morgan fingerprint density at radius 1 is 1.36 bits per heavy atom. The molecular formula is C19H25ClO5. The van der Waals surface area contributed by atoms with Gasteiger partial charge >= 0.3 is 11.9 Å². The molecule has 1 rings (SSSR count). The zero-order valence-electron chi connectivity index (χ0n) is 14.8. The van der Waals surface area contributed by atoms with E-state index in [4.69, 9.17) is 32.2 Å². The molecule has 0 amide bonds. The van der Waals surface area contributed by atoms with Gasteiger partial charge in [-0.1, -0.05) is 25.0 Å². The number of carbonyl (C=O) groups is 2. The van der Waals surface area contributed by atoms with Crippen LogP contribution in [0.15, 0.2) is 24.3 Å². The highest BCUT2D eigenvalue weighted by molar-refractivity contribution is 6.21. The van der Waals surface area contributed by atoms with E-state index < -0.39 is 24.1 Å². The molecule has 5 nitrogen and oxygen atoms in total. The van der Waals surface area contributed by atoms with Gasteiger partial charge in [0.15, 0.2) is 6.10 Å². The molecule has 1 unspecified atom stereocenters. The molecule has 0 saturated heterocycles. The minimum Gasteiger partial charge on any atom is -0.458 e. The van der Waals surface area contributed by atoms with Crippen molar-refractivity contribution in [3.05, 3.63) is 24.3 Å². The Morgan fingerprint density at radius 2 is 2.04 bits per heavy atom. The van der Waals surface area contributed by atoms with Crippen LogP contribution in [0, 0.1) is 12.3 Å². The van der Waals surface area contributed by atoms with Gasteiger partial charge in [0, 0.05) is 20.3 Å². The summed E-state index contributed by atoms with van der Waals surface area (Å²) in [5, 5.41) is -0.360. The second-order valence-electron chi connectivity index (χ2n) is 5.78. The molecule has 6 heteroatoms. The Bertz CT molecular complexity index is 549. The first-order valence-electron chi connectivity index (χ1n) is 8.30. The standard InChI is InChI=1S/C19H25ClO5/c1-5-7-8-9-16(20)18-12-19(24-14(4)22)17(23-13(3)21)11-10-15(6-2)25-18/h1,7-8,10-11,15-19H,6,9,12H2,2-4H3/b8-7-,11-10-/t15-,16?,17-,18-,19-/m1/s1. The van der Waals surface area contributed by atoms with Crippen molar-refractivity contribution in [2.24, 2.45) is 0 Å². The highest BCUT2D eigenvalue weighted by Gasteiger charge is 2.34. The van der Waals surface area contributed by atoms with Gasteiger partial charge in [-0.05, 0) is 25.0 Å². The van der Waals surface area contributed by atoms with Crippen molar-refractivity contribution >= 4 is 23.5 Å². The first-order valence-corrected chi connectivity index (χ1v) is 8.74. The van der Waals surface area contributed by atoms with Crippen LogP contribution in [0.3, 0.4) is 0 Å². The minimum absolute atomic E-state index is 0.167. The lowest BCUT2D eigenvalue weighted by molar-refractivity contribution is -0.165. The molecule has 0 radical (unpaired) electrons. The lowest BCUT2D eigenvalue weighted by Crippen LogP contribution is -2.42. The molecule has 5 atom stereocenters. The zero-order valence-corrected chi connectivity index (χ0v) is 15.6. The van der Waals surface area contributed by atoms with E-state index in [1.165, 1.54) is 13.8 Å². The van der Waals surface area contributed by atoms with Gasteiger partial charge in [0.2, 0.25) is 0 Å². The number of carbonyl (C=O) groups excluding carboxylic acids is 2. The number of hydrogen-bond donors (Lipinski definition) is 0. The van der Waals surface area contributed by atoms with E-state index in [1.807, 2.05) is 13.0 Å². The monoisotopic (exact) mass is 368 g/mol. The van der Waals surface area contributed by atoms with Crippen LogP contribution in [0.1, 0.15) is 40.0 Å². The van der Waals surface area contributed by atoms with Gasteiger partial charge in [0.25, 0.3) is 0 Å². The first kappa shape index (κ1) is 21.3. The smallest absolute Gasteiger partial charge is 0.303 e. The van der Waals surface area contributed by atoms with Gasteiger partial charge in [0.1, 0.15) is 6.10 Å². The summed E-state index contributed by atoms with van der Waals surface area (Å²) in [6.45, 7) is 4.61. The summed E-state index contributed by atoms with van der Waals surface area (Å²) in [5.74, 6) is 1.51. The highest BCUT2D eigenvalue weighted by Crippen LogP contribution is 2.26. The quantitative estimate of drug-likeness (QED) is 0.312. The van der Waals surface area contributed by atoms with Crippen LogP contribution >= 0.6 is 11.6 Å². The van der Waals surface area contributed by atoms with E-state index in [0.717, 1.165) is 6.42 Å². The summed E-state index contributed by atoms with van der Waals surface area (Å²) in [4.78, 5) is 22.9. The number of allylic oxidation sites excluding steroid dienone is 2. The van der Waals surface area contributed by atoms with Gasteiger partial charge < -0.3 is 14.2 Å². The van der Waals surface area contributed by atoms with Crippen molar-refractivity contribution < 1.29 is 23.8 Å². The Hall–Kier alpha value is -1.77. The molecule has 0 bridgehead atoms. The minimum atomic E-state index is -0.674.